The molecule has 2 atom stereocenters. The van der Waals surface area contributed by atoms with Gasteiger partial charge in [0.2, 0.25) is 0 Å². The van der Waals surface area contributed by atoms with Crippen molar-refractivity contribution in [3.8, 4) is 11.3 Å². The minimum Gasteiger partial charge on any atom is -0.459 e. The van der Waals surface area contributed by atoms with Gasteiger partial charge >= 0.3 is 0 Å². The van der Waals surface area contributed by atoms with Crippen LogP contribution in [0.5, 0.6) is 0 Å². The molecule has 1 aromatic carbocycles. The topological polar surface area (TPSA) is 41.3 Å². The number of thiocarbonyl (C=S) groups is 1. The number of benzene rings is 1. The first kappa shape index (κ1) is 20.2. The summed E-state index contributed by atoms with van der Waals surface area (Å²) in [4.78, 5) is 6.73. The number of hydrogen-bond acceptors (Lipinski definition) is 3. The standard InChI is InChI=1S/C22H21Cl2N3OS/c1-13(2)12-27-21(20(26-22(27)29)16-8-3-4-11-25-16)18-10-9-17(28-18)14-6-5-7-15(23)19(14)24/h3-11,13,20-21H,12H2,1-2H3,(H,26,29)/t20-,21-/m1/s1. The summed E-state index contributed by atoms with van der Waals surface area (Å²) >= 11 is 18.2. The molecule has 1 aliphatic heterocycles. The van der Waals surface area contributed by atoms with Gasteiger partial charge in [0.15, 0.2) is 5.11 Å². The van der Waals surface area contributed by atoms with Gasteiger partial charge in [-0.25, -0.2) is 0 Å². The molecule has 4 nitrogen and oxygen atoms in total. The van der Waals surface area contributed by atoms with Gasteiger partial charge < -0.3 is 14.6 Å². The SMILES string of the molecule is CC(C)CN1C(=S)N[C@H](c2ccccn2)[C@H]1c1ccc(-c2cccc(Cl)c2Cl)o1. The third-order valence-electron chi connectivity index (χ3n) is 4.89. The van der Waals surface area contributed by atoms with E-state index >= 15 is 0 Å². The van der Waals surface area contributed by atoms with Gasteiger partial charge in [0.1, 0.15) is 17.6 Å². The second-order valence-electron chi connectivity index (χ2n) is 7.48. The molecule has 1 aliphatic rings. The smallest absolute Gasteiger partial charge is 0.170 e. The first-order valence-corrected chi connectivity index (χ1v) is 10.6. The molecule has 4 rings (SSSR count). The van der Waals surface area contributed by atoms with E-state index in [1.807, 2.05) is 42.5 Å². The number of nitrogens with zero attached hydrogens (tertiary/aromatic N) is 2. The van der Waals surface area contributed by atoms with Crippen LogP contribution in [0.4, 0.5) is 0 Å². The Kier molecular flexibility index (Phi) is 5.81. The number of halogens is 2. The van der Waals surface area contributed by atoms with Gasteiger partial charge in [-0.3, -0.25) is 4.98 Å². The fraction of sp³-hybridized carbons (Fsp3) is 0.273. The molecule has 0 saturated carbocycles. The van der Waals surface area contributed by atoms with Crippen molar-refractivity contribution in [3.05, 3.63) is 76.2 Å². The zero-order valence-corrected chi connectivity index (χ0v) is 18.4. The Balaban J connectivity index is 1.75. The molecule has 29 heavy (non-hydrogen) atoms. The number of hydrogen-bond donors (Lipinski definition) is 1. The largest absolute Gasteiger partial charge is 0.459 e. The quantitative estimate of drug-likeness (QED) is 0.468. The lowest BCUT2D eigenvalue weighted by Crippen LogP contribution is -2.32. The van der Waals surface area contributed by atoms with Crippen LogP contribution < -0.4 is 5.32 Å². The van der Waals surface area contributed by atoms with Gasteiger partial charge in [-0.1, -0.05) is 49.2 Å². The first-order chi connectivity index (χ1) is 14.0. The van der Waals surface area contributed by atoms with Gasteiger partial charge in [0.25, 0.3) is 0 Å². The molecule has 1 fully saturated rings. The van der Waals surface area contributed by atoms with Crippen molar-refractivity contribution in [2.75, 3.05) is 6.54 Å². The Morgan fingerprint density at radius 2 is 1.97 bits per heavy atom. The summed E-state index contributed by atoms with van der Waals surface area (Å²) in [6.45, 7) is 5.16. The molecule has 2 aromatic heterocycles. The lowest BCUT2D eigenvalue weighted by atomic mass is 10.0. The van der Waals surface area contributed by atoms with Crippen LogP contribution in [0.1, 0.15) is 37.4 Å². The Hall–Kier alpha value is -2.08. The first-order valence-electron chi connectivity index (χ1n) is 9.48. The summed E-state index contributed by atoms with van der Waals surface area (Å²) in [6, 6.07) is 15.1. The summed E-state index contributed by atoms with van der Waals surface area (Å²) < 4.78 is 6.29. The van der Waals surface area contributed by atoms with E-state index in [0.717, 1.165) is 23.6 Å². The maximum atomic E-state index is 6.40. The molecular formula is C22H21Cl2N3OS. The molecule has 0 aliphatic carbocycles. The second-order valence-corrected chi connectivity index (χ2v) is 8.65. The van der Waals surface area contributed by atoms with E-state index in [0.29, 0.717) is 26.8 Å². The highest BCUT2D eigenvalue weighted by atomic mass is 35.5. The van der Waals surface area contributed by atoms with Gasteiger partial charge in [0, 0.05) is 18.3 Å². The van der Waals surface area contributed by atoms with Gasteiger partial charge in [-0.05, 0) is 54.5 Å². The fourth-order valence-electron chi connectivity index (χ4n) is 3.66. The molecular weight excluding hydrogens is 425 g/mol. The Labute approximate surface area is 185 Å². The molecule has 3 heterocycles. The van der Waals surface area contributed by atoms with E-state index < -0.39 is 0 Å². The predicted molar refractivity (Wildman–Crippen MR) is 121 cm³/mol. The molecule has 0 bridgehead atoms. The predicted octanol–water partition coefficient (Wildman–Crippen LogP) is 6.28. The van der Waals surface area contributed by atoms with Crippen LogP contribution in [0.25, 0.3) is 11.3 Å². The van der Waals surface area contributed by atoms with E-state index in [2.05, 4.69) is 29.0 Å². The number of pyridine rings is 1. The molecule has 0 unspecified atom stereocenters. The van der Waals surface area contributed by atoms with Crippen LogP contribution in [0.15, 0.2) is 59.1 Å². The van der Waals surface area contributed by atoms with E-state index in [-0.39, 0.29) is 12.1 Å². The Morgan fingerprint density at radius 1 is 1.14 bits per heavy atom. The van der Waals surface area contributed by atoms with E-state index in [1.54, 1.807) is 12.3 Å². The van der Waals surface area contributed by atoms with Crippen molar-refractivity contribution >= 4 is 40.5 Å². The minimum absolute atomic E-state index is 0.101. The highest BCUT2D eigenvalue weighted by Gasteiger charge is 2.41. The van der Waals surface area contributed by atoms with Crippen LogP contribution in [0.3, 0.4) is 0 Å². The average Bonchev–Trinajstić information content (AvgIpc) is 3.29. The summed E-state index contributed by atoms with van der Waals surface area (Å²) in [6.07, 6.45) is 1.79. The van der Waals surface area contributed by atoms with Crippen molar-refractivity contribution in [3.63, 3.8) is 0 Å². The molecule has 3 aromatic rings. The molecule has 0 spiro atoms. The number of furan rings is 1. The Bertz CT molecular complexity index is 1020. The maximum Gasteiger partial charge on any atom is 0.170 e. The highest BCUT2D eigenvalue weighted by Crippen LogP contribution is 2.42. The van der Waals surface area contributed by atoms with E-state index in [1.165, 1.54) is 0 Å². The third kappa shape index (κ3) is 4.00. The molecule has 0 radical (unpaired) electrons. The summed E-state index contributed by atoms with van der Waals surface area (Å²) in [7, 11) is 0. The van der Waals surface area contributed by atoms with Crippen LogP contribution in [-0.4, -0.2) is 21.5 Å². The van der Waals surface area contributed by atoms with Crippen molar-refractivity contribution in [2.45, 2.75) is 25.9 Å². The molecule has 1 N–H and O–H groups in total. The van der Waals surface area contributed by atoms with Gasteiger partial charge in [0.05, 0.1) is 21.8 Å². The van der Waals surface area contributed by atoms with Crippen LogP contribution in [0, 0.1) is 5.92 Å². The number of rotatable bonds is 5. The zero-order chi connectivity index (χ0) is 20.5. The van der Waals surface area contributed by atoms with Crippen LogP contribution in [-0.2, 0) is 0 Å². The van der Waals surface area contributed by atoms with Crippen molar-refractivity contribution < 1.29 is 4.42 Å². The molecule has 1 saturated heterocycles. The fourth-order valence-corrected chi connectivity index (χ4v) is 4.36. The van der Waals surface area contributed by atoms with Gasteiger partial charge in [-0.2, -0.15) is 0 Å². The number of aromatic nitrogens is 1. The van der Waals surface area contributed by atoms with Crippen molar-refractivity contribution in [1.29, 1.82) is 0 Å². The van der Waals surface area contributed by atoms with Gasteiger partial charge in [-0.15, -0.1) is 0 Å². The summed E-state index contributed by atoms with van der Waals surface area (Å²) in [5.74, 6) is 1.92. The van der Waals surface area contributed by atoms with E-state index in [4.69, 9.17) is 39.8 Å². The summed E-state index contributed by atoms with van der Waals surface area (Å²) in [5.41, 5.74) is 1.69. The second kappa shape index (κ2) is 8.34. The average molecular weight is 446 g/mol. The Morgan fingerprint density at radius 3 is 2.69 bits per heavy atom. The van der Waals surface area contributed by atoms with Crippen LogP contribution >= 0.6 is 35.4 Å². The van der Waals surface area contributed by atoms with E-state index in [9.17, 15) is 0 Å². The molecule has 0 amide bonds. The number of nitrogens with one attached hydrogen (secondary N) is 1. The third-order valence-corrected chi connectivity index (χ3v) is 6.07. The normalized spacial score (nSPS) is 19.1. The lowest BCUT2D eigenvalue weighted by molar-refractivity contribution is 0.253. The van der Waals surface area contributed by atoms with Crippen LogP contribution in [0.2, 0.25) is 10.0 Å². The lowest BCUT2D eigenvalue weighted by Gasteiger charge is -2.27. The highest BCUT2D eigenvalue weighted by molar-refractivity contribution is 7.80. The monoisotopic (exact) mass is 445 g/mol. The van der Waals surface area contributed by atoms with Crippen molar-refractivity contribution in [2.24, 2.45) is 5.92 Å². The maximum absolute atomic E-state index is 6.40. The summed E-state index contributed by atoms with van der Waals surface area (Å²) in [5, 5.41) is 5.12. The van der Waals surface area contributed by atoms with Crippen molar-refractivity contribution in [1.82, 2.24) is 15.2 Å². The minimum atomic E-state index is -0.105. The zero-order valence-electron chi connectivity index (χ0n) is 16.1. The molecule has 7 heteroatoms. The molecule has 150 valence electrons.